The number of carbonyl (C=O) groups excluding carboxylic acids is 1. The third-order valence-corrected chi connectivity index (χ3v) is 17.0. The molecule has 4 aromatic carbocycles. The molecule has 11 nitrogen and oxygen atoms in total. The van der Waals surface area contributed by atoms with Gasteiger partial charge in [-0.05, 0) is 97.9 Å². The van der Waals surface area contributed by atoms with E-state index in [-0.39, 0.29) is 5.91 Å². The topological polar surface area (TPSA) is 74.3 Å². The standard InChI is InChI=1S/C60H78N8O3S2/c1-5-47(42-58-68(30-18-27-62(4)6-2)53-44-49-20-12-14-22-51(49)46-55(53)71-58)41-57-67(52-43-48-19-11-13-21-50(48)45-54(52)70-57)29-17-8-10-23-56(69)61-26-15-9-16-28-66-38-40-73-60(66)25-32-64-35-33-63(34-36-64)31-24-59-65(7-3)37-39-72-59/h11-14,19-22,24-25,31-32,41-46H,5-10,15-18,23,26-30,33-40H2,1-4H3/q+2/p+1. The Hall–Kier alpha value is -5.50. The first-order valence-corrected chi connectivity index (χ1v) is 29.4. The third kappa shape index (κ3) is 13.8. The zero-order chi connectivity index (χ0) is 50.4. The highest BCUT2D eigenvalue weighted by Crippen LogP contribution is 2.42. The molecule has 0 unspecified atom stereocenters. The normalized spacial score (nSPS) is 17.2. The van der Waals surface area contributed by atoms with E-state index in [1.807, 2.05) is 23.5 Å². The molecule has 0 bridgehead atoms. The second-order valence-electron chi connectivity index (χ2n) is 19.8. The lowest BCUT2D eigenvalue weighted by atomic mass is 10.1. The van der Waals surface area contributed by atoms with Crippen LogP contribution in [0.15, 0.2) is 119 Å². The molecule has 1 aromatic heterocycles. The van der Waals surface area contributed by atoms with Crippen molar-refractivity contribution >= 4 is 83.9 Å². The zero-order valence-corrected chi connectivity index (χ0v) is 45.7. The molecule has 5 heterocycles. The number of nitrogens with one attached hydrogen (secondary N) is 1. The molecule has 0 aliphatic carbocycles. The molecule has 0 atom stereocenters. The van der Waals surface area contributed by atoms with Crippen molar-refractivity contribution in [2.45, 2.75) is 85.1 Å². The van der Waals surface area contributed by atoms with Gasteiger partial charge in [-0.3, -0.25) is 4.79 Å². The minimum absolute atomic E-state index is 0.163. The number of nitrogens with zero attached hydrogens (tertiary/aromatic N) is 7. The molecule has 0 saturated carbocycles. The van der Waals surface area contributed by atoms with Gasteiger partial charge in [0.2, 0.25) is 27.5 Å². The van der Waals surface area contributed by atoms with Gasteiger partial charge < -0.3 is 34.1 Å². The first-order valence-electron chi connectivity index (χ1n) is 27.4. The van der Waals surface area contributed by atoms with Crippen LogP contribution >= 0.6 is 23.5 Å². The molecule has 5 aromatic rings. The molecular weight excluding hydrogens is 945 g/mol. The number of aromatic nitrogens is 1. The molecule has 4 aliphatic heterocycles. The monoisotopic (exact) mass is 1020 g/mol. The number of hydrogen-bond acceptors (Lipinski definition) is 9. The molecule has 1 N–H and O–H groups in total. The zero-order valence-electron chi connectivity index (χ0n) is 44.0. The lowest BCUT2D eigenvalue weighted by Crippen LogP contribution is -2.41. The number of allylic oxidation sites excluding steroid dienone is 2. The van der Waals surface area contributed by atoms with E-state index in [4.69, 9.17) is 9.15 Å². The van der Waals surface area contributed by atoms with Crippen LogP contribution in [0.3, 0.4) is 0 Å². The fourth-order valence-electron chi connectivity index (χ4n) is 10.3. The molecule has 0 radical (unpaired) electrons. The van der Waals surface area contributed by atoms with Gasteiger partial charge in [0.25, 0.3) is 5.52 Å². The molecule has 1 amide bonds. The fourth-order valence-corrected chi connectivity index (χ4v) is 12.4. The smallest absolute Gasteiger partial charge is 0.374 e. The van der Waals surface area contributed by atoms with Crippen molar-refractivity contribution in [3.8, 4) is 5.75 Å². The highest BCUT2D eigenvalue weighted by molar-refractivity contribution is 8.14. The van der Waals surface area contributed by atoms with E-state index in [0.717, 1.165) is 181 Å². The summed E-state index contributed by atoms with van der Waals surface area (Å²) >= 11 is 3.96. The van der Waals surface area contributed by atoms with Gasteiger partial charge in [0.05, 0.1) is 23.3 Å². The lowest BCUT2D eigenvalue weighted by Gasteiger charge is -2.33. The van der Waals surface area contributed by atoms with E-state index >= 15 is 0 Å². The predicted octanol–water partition coefficient (Wildman–Crippen LogP) is 10.7. The van der Waals surface area contributed by atoms with E-state index in [1.54, 1.807) is 0 Å². The average molecular weight is 1020 g/mol. The molecule has 9 rings (SSSR count). The van der Waals surface area contributed by atoms with E-state index < -0.39 is 0 Å². The number of hydrogen-bond donors (Lipinski definition) is 1. The second-order valence-corrected chi connectivity index (χ2v) is 22.1. The molecule has 0 spiro atoms. The fraction of sp³-hybridized carbons (Fsp3) is 0.467. The Morgan fingerprint density at radius 3 is 2.11 bits per heavy atom. The number of unbranched alkanes of at least 4 members (excludes halogenated alkanes) is 4. The first kappa shape index (κ1) is 52.4. The van der Waals surface area contributed by atoms with Crippen LogP contribution in [0.1, 0.15) is 84.4 Å². The number of rotatable bonds is 25. The van der Waals surface area contributed by atoms with Gasteiger partial charge in [0.15, 0.2) is 25.4 Å². The summed E-state index contributed by atoms with van der Waals surface area (Å²) in [5, 5.41) is 10.8. The van der Waals surface area contributed by atoms with Crippen LogP contribution in [0, 0.1) is 0 Å². The van der Waals surface area contributed by atoms with Gasteiger partial charge in [-0.1, -0.05) is 92.3 Å². The van der Waals surface area contributed by atoms with Crippen molar-refractivity contribution in [1.29, 1.82) is 0 Å². The summed E-state index contributed by atoms with van der Waals surface area (Å²) in [5.74, 6) is 5.09. The minimum Gasteiger partial charge on any atom is -0.439 e. The maximum absolute atomic E-state index is 13.0. The van der Waals surface area contributed by atoms with Gasteiger partial charge in [0.1, 0.15) is 13.1 Å². The van der Waals surface area contributed by atoms with Crippen LogP contribution in [0.4, 0.5) is 5.69 Å². The molecule has 73 heavy (non-hydrogen) atoms. The van der Waals surface area contributed by atoms with Gasteiger partial charge in [0, 0.05) is 102 Å². The SMILES string of the molecule is CCC(=Cc1oc2cc3ccccc3cc2[n+]1CCCN(C)CC)C=C1Oc2cc3ccccc3cc2N1CCCCCC(=O)NCCCCC[N+]1=C(C=CN2CCN(C=CC3=[N+](CC)CCS3)CC2)SCC1. The van der Waals surface area contributed by atoms with Gasteiger partial charge in [-0.25, -0.2) is 9.15 Å². The Balaban J connectivity index is 0.744. The van der Waals surface area contributed by atoms with Crippen molar-refractivity contribution in [3.63, 3.8) is 0 Å². The van der Waals surface area contributed by atoms with Crippen molar-refractivity contribution in [1.82, 2.24) is 20.0 Å². The Morgan fingerprint density at radius 1 is 0.753 bits per heavy atom. The molecule has 386 valence electrons. The van der Waals surface area contributed by atoms with Crippen LogP contribution in [0.25, 0.3) is 38.7 Å². The number of aryl methyl sites for hydroxylation is 1. The van der Waals surface area contributed by atoms with Crippen LogP contribution in [0.5, 0.6) is 5.75 Å². The number of ether oxygens (including phenoxy) is 1. The minimum atomic E-state index is 0.163. The van der Waals surface area contributed by atoms with Crippen molar-refractivity contribution in [2.24, 2.45) is 0 Å². The summed E-state index contributed by atoms with van der Waals surface area (Å²) in [6.45, 7) is 19.8. The molecule has 1 fully saturated rings. The Bertz CT molecular complexity index is 2890. The molecule has 13 heteroatoms. The van der Waals surface area contributed by atoms with E-state index in [9.17, 15) is 4.79 Å². The third-order valence-electron chi connectivity index (χ3n) is 14.8. The van der Waals surface area contributed by atoms with Crippen LogP contribution < -0.4 is 19.5 Å². The number of oxazole rings is 1. The number of piperazine rings is 1. The lowest BCUT2D eigenvalue weighted by molar-refractivity contribution is -0.678. The summed E-state index contributed by atoms with van der Waals surface area (Å²) < 4.78 is 20.8. The number of benzene rings is 4. The molecular formula is C60H79N8O3S2+3. The van der Waals surface area contributed by atoms with E-state index in [2.05, 4.69) is 176 Å². The first-order chi connectivity index (χ1) is 35.8. The van der Waals surface area contributed by atoms with Crippen LogP contribution in [-0.2, 0) is 11.3 Å². The maximum Gasteiger partial charge on any atom is 0.374 e. The van der Waals surface area contributed by atoms with Gasteiger partial charge in [-0.2, -0.15) is 4.57 Å². The second kappa shape index (κ2) is 26.1. The van der Waals surface area contributed by atoms with Crippen molar-refractivity contribution in [2.75, 3.05) is 102 Å². The highest BCUT2D eigenvalue weighted by Gasteiger charge is 2.29. The largest absolute Gasteiger partial charge is 0.439 e. The van der Waals surface area contributed by atoms with E-state index in [1.165, 1.54) is 38.5 Å². The quantitative estimate of drug-likeness (QED) is 0.0455. The average Bonchev–Trinajstić information content (AvgIpc) is 4.22. The van der Waals surface area contributed by atoms with E-state index in [0.29, 0.717) is 6.42 Å². The highest BCUT2D eigenvalue weighted by atomic mass is 32.2. The van der Waals surface area contributed by atoms with Crippen molar-refractivity contribution in [3.05, 3.63) is 121 Å². The summed E-state index contributed by atoms with van der Waals surface area (Å²) in [6.07, 6.45) is 22.2. The summed E-state index contributed by atoms with van der Waals surface area (Å²) in [5.41, 5.74) is 4.24. The molecule has 4 aliphatic rings. The van der Waals surface area contributed by atoms with Gasteiger partial charge in [-0.15, -0.1) is 0 Å². The Morgan fingerprint density at radius 2 is 1.41 bits per heavy atom. The number of fused-ring (bicyclic) bond motifs is 4. The summed E-state index contributed by atoms with van der Waals surface area (Å²) in [4.78, 5) is 22.6. The van der Waals surface area contributed by atoms with Crippen molar-refractivity contribution < 1.29 is 27.7 Å². The number of carbonyl (C=O) groups is 1. The number of anilines is 1. The predicted molar refractivity (Wildman–Crippen MR) is 307 cm³/mol. The number of amides is 1. The molecule has 1 saturated heterocycles. The maximum atomic E-state index is 13.0. The van der Waals surface area contributed by atoms with Gasteiger partial charge >= 0.3 is 5.89 Å². The Labute approximate surface area is 443 Å². The van der Waals surface area contributed by atoms with Crippen LogP contribution in [0.2, 0.25) is 0 Å². The Kier molecular flexibility index (Phi) is 18.7. The van der Waals surface area contributed by atoms with Crippen LogP contribution in [-0.4, -0.2) is 137 Å². The summed E-state index contributed by atoms with van der Waals surface area (Å²) in [6, 6.07) is 25.9. The number of thioether (sulfide) groups is 2. The summed E-state index contributed by atoms with van der Waals surface area (Å²) in [7, 11) is 2.18.